The molecule has 16 heteroatoms. The number of rotatable bonds is 4. The molecule has 0 rings (SSSR count). The van der Waals surface area contributed by atoms with E-state index in [1.165, 1.54) is 0 Å². The fraction of sp³-hybridized carbons (Fsp3) is 0.600. The Morgan fingerprint density at radius 3 is 0.731 bits per heavy atom. The summed E-state index contributed by atoms with van der Waals surface area (Å²) in [4.78, 5) is 21.1. The molecule has 0 saturated heterocycles. The van der Waals surface area contributed by atoms with E-state index in [9.17, 15) is 72.5 Å². The van der Waals surface area contributed by atoms with E-state index in [-0.39, 0.29) is 0 Å². The highest BCUT2D eigenvalue weighted by Gasteiger charge is 2.64. The van der Waals surface area contributed by atoms with Gasteiger partial charge in [0.25, 0.3) is 0 Å². The predicted octanol–water partition coefficient (Wildman–Crippen LogP) is 1.26. The van der Waals surface area contributed by atoms with Crippen molar-refractivity contribution in [3.8, 4) is 0 Å². The third-order valence-corrected chi connectivity index (χ3v) is 2.62. The van der Waals surface area contributed by atoms with Gasteiger partial charge in [-0.05, 0) is 0 Å². The summed E-state index contributed by atoms with van der Waals surface area (Å²) in [6, 6.07) is 0. The first-order chi connectivity index (χ1) is 11.1. The van der Waals surface area contributed by atoms with Crippen molar-refractivity contribution in [1.29, 1.82) is 0 Å². The number of halogens is 12. The first-order valence-corrected chi connectivity index (χ1v) is 5.57. The zero-order valence-corrected chi connectivity index (χ0v) is 11.3. The molecule has 0 saturated carbocycles. The third-order valence-electron chi connectivity index (χ3n) is 2.62. The van der Waals surface area contributed by atoms with Gasteiger partial charge in [0.05, 0.1) is 11.9 Å². The van der Waals surface area contributed by atoms with Crippen LogP contribution in [0.25, 0.3) is 0 Å². The minimum atomic E-state index is -6.82. The molecule has 0 atom stereocenters. The zero-order valence-electron chi connectivity index (χ0n) is 11.3. The molecular formula is C10H2F12O4-2. The van der Waals surface area contributed by atoms with Gasteiger partial charge in [-0.3, -0.25) is 0 Å². The van der Waals surface area contributed by atoms with Crippen LogP contribution in [0.5, 0.6) is 0 Å². The quantitative estimate of drug-likeness (QED) is 0.513. The summed E-state index contributed by atoms with van der Waals surface area (Å²) >= 11 is 0. The summed E-state index contributed by atoms with van der Waals surface area (Å²) in [6.45, 7) is 0. The minimum Gasteiger partial charge on any atom is -0.545 e. The van der Waals surface area contributed by atoms with Crippen molar-refractivity contribution in [2.45, 2.75) is 24.7 Å². The van der Waals surface area contributed by atoms with E-state index in [0.29, 0.717) is 0 Å². The van der Waals surface area contributed by atoms with Crippen LogP contribution in [0.4, 0.5) is 52.7 Å². The van der Waals surface area contributed by atoms with Crippen molar-refractivity contribution in [3.05, 3.63) is 11.1 Å². The van der Waals surface area contributed by atoms with E-state index in [1.54, 1.807) is 0 Å². The summed E-state index contributed by atoms with van der Waals surface area (Å²) in [7, 11) is 0. The standard InChI is InChI=1S/C10H4F12O4/c11-7(12,13)3(8(14,15)16)1(5(23)24)2(6(25)26)4(9(17,18)19)10(20,21)22/h3-4H,(H,23,24)(H,25,26)/p-2/b2-1-. The van der Waals surface area contributed by atoms with E-state index in [0.717, 1.165) is 0 Å². The lowest BCUT2D eigenvalue weighted by Crippen LogP contribution is -2.50. The summed E-state index contributed by atoms with van der Waals surface area (Å²) in [5, 5.41) is 21.1. The number of carboxylic acids is 2. The van der Waals surface area contributed by atoms with Crippen LogP contribution in [-0.2, 0) is 9.59 Å². The molecule has 0 bridgehead atoms. The highest BCUT2D eigenvalue weighted by atomic mass is 19.4. The molecular weight excluding hydrogens is 412 g/mol. The molecule has 152 valence electrons. The molecule has 0 N–H and O–H groups in total. The smallest absolute Gasteiger partial charge is 0.404 e. The second-order valence-electron chi connectivity index (χ2n) is 4.43. The number of carboxylic acid groups (broad SMARTS) is 2. The van der Waals surface area contributed by atoms with Crippen LogP contribution >= 0.6 is 0 Å². The number of alkyl halides is 12. The number of aliphatic carboxylic acids is 2. The van der Waals surface area contributed by atoms with Crippen molar-refractivity contribution >= 4 is 11.9 Å². The van der Waals surface area contributed by atoms with Gasteiger partial charge in [-0.2, -0.15) is 52.7 Å². The topological polar surface area (TPSA) is 80.3 Å². The Bertz CT molecular complexity index is 511. The number of carbonyl (C=O) groups excluding carboxylic acids is 2. The zero-order chi connectivity index (χ0) is 21.5. The molecule has 0 aromatic carbocycles. The van der Waals surface area contributed by atoms with Crippen molar-refractivity contribution in [2.75, 3.05) is 0 Å². The SMILES string of the molecule is O=C([O-])/C(=C(\C(=O)[O-])C(C(F)(F)F)C(F)(F)F)C(C(F)(F)F)C(F)(F)F. The van der Waals surface area contributed by atoms with Crippen LogP contribution in [0, 0.1) is 11.8 Å². The lowest BCUT2D eigenvalue weighted by atomic mass is 9.85. The third kappa shape index (κ3) is 5.42. The lowest BCUT2D eigenvalue weighted by molar-refractivity contribution is -0.319. The second kappa shape index (κ2) is 6.86. The van der Waals surface area contributed by atoms with Crippen molar-refractivity contribution in [2.24, 2.45) is 11.8 Å². The molecule has 0 aliphatic carbocycles. The molecule has 0 aliphatic heterocycles. The minimum absolute atomic E-state index is 3.82. The lowest BCUT2D eigenvalue weighted by Gasteiger charge is -2.33. The molecule has 0 spiro atoms. The highest BCUT2D eigenvalue weighted by Crippen LogP contribution is 2.49. The van der Waals surface area contributed by atoms with E-state index in [1.807, 2.05) is 0 Å². The van der Waals surface area contributed by atoms with Gasteiger partial charge in [-0.15, -0.1) is 0 Å². The maximum absolute atomic E-state index is 12.5. The monoisotopic (exact) mass is 414 g/mol. The Morgan fingerprint density at radius 1 is 0.500 bits per heavy atom. The first-order valence-electron chi connectivity index (χ1n) is 5.57. The van der Waals surface area contributed by atoms with Crippen LogP contribution in [0.1, 0.15) is 0 Å². The Balaban J connectivity index is 7.31. The molecule has 0 aliphatic rings. The van der Waals surface area contributed by atoms with E-state index in [2.05, 4.69) is 0 Å². The number of carbonyl (C=O) groups is 2. The van der Waals surface area contributed by atoms with Gasteiger partial charge in [0.2, 0.25) is 0 Å². The van der Waals surface area contributed by atoms with Gasteiger partial charge in [0.1, 0.15) is 0 Å². The predicted molar refractivity (Wildman–Crippen MR) is 48.2 cm³/mol. The molecule has 26 heavy (non-hydrogen) atoms. The largest absolute Gasteiger partial charge is 0.545 e. The van der Waals surface area contributed by atoms with Crippen LogP contribution in [0.15, 0.2) is 11.1 Å². The van der Waals surface area contributed by atoms with Gasteiger partial charge in [0.15, 0.2) is 11.8 Å². The summed E-state index contributed by atoms with van der Waals surface area (Å²) in [5.41, 5.74) is -7.63. The first kappa shape index (κ1) is 23.8. The Hall–Kier alpha value is -2.16. The van der Waals surface area contributed by atoms with Crippen molar-refractivity contribution in [1.82, 2.24) is 0 Å². The molecule has 0 aromatic rings. The van der Waals surface area contributed by atoms with E-state index >= 15 is 0 Å². The van der Waals surface area contributed by atoms with Crippen LogP contribution in [-0.4, -0.2) is 36.6 Å². The molecule has 0 fully saturated rings. The van der Waals surface area contributed by atoms with Gasteiger partial charge < -0.3 is 19.8 Å². The fourth-order valence-electron chi connectivity index (χ4n) is 1.79. The summed E-state index contributed by atoms with van der Waals surface area (Å²) in [5.74, 6) is -18.7. The maximum atomic E-state index is 12.5. The van der Waals surface area contributed by atoms with Gasteiger partial charge >= 0.3 is 24.7 Å². The van der Waals surface area contributed by atoms with Crippen LogP contribution < -0.4 is 10.2 Å². The van der Waals surface area contributed by atoms with Crippen molar-refractivity contribution in [3.63, 3.8) is 0 Å². The molecule has 0 amide bonds. The van der Waals surface area contributed by atoms with Gasteiger partial charge in [-0.1, -0.05) is 0 Å². The normalized spacial score (nSPS) is 15.3. The molecule has 0 aromatic heterocycles. The summed E-state index contributed by atoms with van der Waals surface area (Å²) < 4.78 is 150. The van der Waals surface area contributed by atoms with Gasteiger partial charge in [0, 0.05) is 11.1 Å². The Labute approximate surface area is 133 Å². The molecule has 0 heterocycles. The molecule has 4 nitrogen and oxygen atoms in total. The molecule has 0 radical (unpaired) electrons. The molecule has 0 unspecified atom stereocenters. The Morgan fingerprint density at radius 2 is 0.654 bits per heavy atom. The maximum Gasteiger partial charge on any atom is 0.404 e. The second-order valence-corrected chi connectivity index (χ2v) is 4.43. The average Bonchev–Trinajstić information content (AvgIpc) is 2.25. The highest BCUT2D eigenvalue weighted by molar-refractivity contribution is 5.98. The summed E-state index contributed by atoms with van der Waals surface area (Å²) in [6.07, 6.45) is -27.3. The van der Waals surface area contributed by atoms with E-state index < -0.39 is 59.6 Å². The van der Waals surface area contributed by atoms with E-state index in [4.69, 9.17) is 0 Å². The van der Waals surface area contributed by atoms with Crippen LogP contribution in [0.3, 0.4) is 0 Å². The average molecular weight is 414 g/mol. The number of hydrogen-bond acceptors (Lipinski definition) is 4. The Kier molecular flexibility index (Phi) is 6.29. The number of hydrogen-bond donors (Lipinski definition) is 0. The fourth-order valence-corrected chi connectivity index (χ4v) is 1.79. The van der Waals surface area contributed by atoms with Gasteiger partial charge in [-0.25, -0.2) is 0 Å². The van der Waals surface area contributed by atoms with Crippen LogP contribution in [0.2, 0.25) is 0 Å². The van der Waals surface area contributed by atoms with Crippen molar-refractivity contribution < 1.29 is 72.5 Å².